The summed E-state index contributed by atoms with van der Waals surface area (Å²) in [5, 5.41) is 8.70. The lowest BCUT2D eigenvalue weighted by atomic mass is 10.2. The summed E-state index contributed by atoms with van der Waals surface area (Å²) >= 11 is 0. The van der Waals surface area contributed by atoms with E-state index in [2.05, 4.69) is 29.2 Å². The molecule has 2 aromatic rings. The third kappa shape index (κ3) is 2.91. The third-order valence-corrected chi connectivity index (χ3v) is 3.19. The highest BCUT2D eigenvalue weighted by molar-refractivity contribution is 5.78. The summed E-state index contributed by atoms with van der Waals surface area (Å²) in [5.41, 5.74) is 1.82. The molecule has 110 valence electrons. The van der Waals surface area contributed by atoms with Crippen molar-refractivity contribution in [3.8, 4) is 0 Å². The monoisotopic (exact) mass is 278 g/mol. The Morgan fingerprint density at radius 1 is 1.15 bits per heavy atom. The first-order chi connectivity index (χ1) is 9.56. The van der Waals surface area contributed by atoms with E-state index in [1.807, 2.05) is 30.1 Å². The molecule has 6 heteroatoms. The second-order valence-corrected chi connectivity index (χ2v) is 5.09. The van der Waals surface area contributed by atoms with Crippen LogP contribution in [0.2, 0.25) is 0 Å². The molecule has 0 bridgehead atoms. The van der Waals surface area contributed by atoms with Gasteiger partial charge in [0.05, 0.1) is 24.1 Å². The second-order valence-electron chi connectivity index (χ2n) is 5.09. The number of fused-ring (bicyclic) bond motifs is 1. The van der Waals surface area contributed by atoms with Gasteiger partial charge in [-0.3, -0.25) is 0 Å². The largest absolute Gasteiger partial charge is 0.376 e. The maximum atomic E-state index is 5.23. The summed E-state index contributed by atoms with van der Waals surface area (Å²) in [7, 11) is 3.25. The van der Waals surface area contributed by atoms with Gasteiger partial charge in [-0.15, -0.1) is 0 Å². The van der Waals surface area contributed by atoms with E-state index < -0.39 is 0 Å². The first-order valence-corrected chi connectivity index (χ1v) is 6.72. The Kier molecular flexibility index (Phi) is 4.57. The van der Waals surface area contributed by atoms with Crippen LogP contribution < -0.4 is 5.32 Å². The maximum absolute atomic E-state index is 5.23. The van der Waals surface area contributed by atoms with E-state index in [-0.39, 0.29) is 12.3 Å². The molecule has 20 heavy (non-hydrogen) atoms. The Bertz CT molecular complexity index is 563. The number of ether oxygens (including phenoxy) is 2. The minimum atomic E-state index is -0.302. The molecule has 0 saturated carbocycles. The van der Waals surface area contributed by atoms with Gasteiger partial charge in [0.15, 0.2) is 11.9 Å². The number of hydrogen-bond donors (Lipinski definition) is 1. The van der Waals surface area contributed by atoms with Crippen molar-refractivity contribution in [1.29, 1.82) is 0 Å². The smallest absolute Gasteiger partial charge is 0.176 e. The number of nitrogens with zero attached hydrogens (tertiary/aromatic N) is 3. The van der Waals surface area contributed by atoms with Gasteiger partial charge in [-0.25, -0.2) is 9.67 Å². The van der Waals surface area contributed by atoms with Gasteiger partial charge in [-0.05, 0) is 26.8 Å². The molecule has 0 fully saturated rings. The Morgan fingerprint density at radius 2 is 1.85 bits per heavy atom. The number of aromatic nitrogens is 3. The molecule has 1 atom stereocenters. The highest BCUT2D eigenvalue weighted by Gasteiger charge is 2.16. The second kappa shape index (κ2) is 6.19. The van der Waals surface area contributed by atoms with Gasteiger partial charge in [-0.1, -0.05) is 0 Å². The van der Waals surface area contributed by atoms with Crippen molar-refractivity contribution in [2.24, 2.45) is 0 Å². The molecule has 2 aromatic heterocycles. The number of methoxy groups -OCH3 is 2. The highest BCUT2D eigenvalue weighted by Crippen LogP contribution is 2.20. The lowest BCUT2D eigenvalue weighted by molar-refractivity contribution is -0.109. The van der Waals surface area contributed by atoms with E-state index in [1.54, 1.807) is 14.2 Å². The minimum Gasteiger partial charge on any atom is -0.376 e. The molecule has 0 spiro atoms. The van der Waals surface area contributed by atoms with Crippen LogP contribution in [0.5, 0.6) is 0 Å². The van der Waals surface area contributed by atoms with Crippen LogP contribution in [0, 0.1) is 0 Å². The predicted octanol–water partition coefficient (Wildman–Crippen LogP) is 2.43. The fourth-order valence-electron chi connectivity index (χ4n) is 2.23. The summed E-state index contributed by atoms with van der Waals surface area (Å²) in [6.07, 6.45) is 3.34. The molecule has 2 rings (SSSR count). The van der Waals surface area contributed by atoms with Gasteiger partial charge < -0.3 is 14.8 Å². The standard InChI is InChI=1S/C14H22N4O2/c1-9(2)18-13-11(7-16-18)6-12(8-15-13)17-10(3)14(19-4)20-5/h6-10,14,17H,1-5H3. The number of pyridine rings is 1. The number of nitrogens with one attached hydrogen (secondary N) is 1. The van der Waals surface area contributed by atoms with E-state index >= 15 is 0 Å². The van der Waals surface area contributed by atoms with Crippen LogP contribution in [0.4, 0.5) is 5.69 Å². The zero-order valence-corrected chi connectivity index (χ0v) is 12.6. The van der Waals surface area contributed by atoms with Gasteiger partial charge in [-0.2, -0.15) is 5.10 Å². The van der Waals surface area contributed by atoms with Crippen LogP contribution in [0.15, 0.2) is 18.5 Å². The van der Waals surface area contributed by atoms with Crippen molar-refractivity contribution in [3.63, 3.8) is 0 Å². The summed E-state index contributed by atoms with van der Waals surface area (Å²) < 4.78 is 12.4. The lowest BCUT2D eigenvalue weighted by Crippen LogP contribution is -2.33. The molecular formula is C14H22N4O2. The van der Waals surface area contributed by atoms with Gasteiger partial charge in [0.1, 0.15) is 0 Å². The van der Waals surface area contributed by atoms with Gasteiger partial charge >= 0.3 is 0 Å². The molecule has 0 aliphatic rings. The normalized spacial score (nSPS) is 13.3. The summed E-state index contributed by atoms with van der Waals surface area (Å²) in [6.45, 7) is 6.17. The average molecular weight is 278 g/mol. The van der Waals surface area contributed by atoms with Gasteiger partial charge in [0.25, 0.3) is 0 Å². The topological polar surface area (TPSA) is 61.2 Å². The van der Waals surface area contributed by atoms with E-state index in [1.165, 1.54) is 0 Å². The fourth-order valence-corrected chi connectivity index (χ4v) is 2.23. The molecule has 0 aromatic carbocycles. The van der Waals surface area contributed by atoms with Crippen molar-refractivity contribution in [2.45, 2.75) is 39.1 Å². The van der Waals surface area contributed by atoms with Crippen LogP contribution in [0.3, 0.4) is 0 Å². The first kappa shape index (κ1) is 14.7. The molecule has 0 radical (unpaired) electrons. The number of hydrogen-bond acceptors (Lipinski definition) is 5. The Morgan fingerprint density at radius 3 is 2.45 bits per heavy atom. The maximum Gasteiger partial charge on any atom is 0.176 e. The fraction of sp³-hybridized carbons (Fsp3) is 0.571. The van der Waals surface area contributed by atoms with Crippen molar-refractivity contribution in [3.05, 3.63) is 18.5 Å². The molecule has 1 unspecified atom stereocenters. The SMILES string of the molecule is COC(OC)C(C)Nc1cnc2c(cnn2C(C)C)c1. The summed E-state index contributed by atoms with van der Waals surface area (Å²) in [5.74, 6) is 0. The molecule has 0 aliphatic heterocycles. The van der Waals surface area contributed by atoms with Crippen LogP contribution in [-0.4, -0.2) is 41.3 Å². The van der Waals surface area contributed by atoms with Gasteiger partial charge in [0, 0.05) is 25.6 Å². The average Bonchev–Trinajstić information content (AvgIpc) is 2.83. The summed E-state index contributed by atoms with van der Waals surface area (Å²) in [6, 6.07) is 2.35. The minimum absolute atomic E-state index is 0.0180. The first-order valence-electron chi connectivity index (χ1n) is 6.72. The highest BCUT2D eigenvalue weighted by atomic mass is 16.7. The Hall–Kier alpha value is -1.66. The molecule has 0 aliphatic carbocycles. The van der Waals surface area contributed by atoms with Crippen molar-refractivity contribution in [1.82, 2.24) is 14.8 Å². The Balaban J connectivity index is 2.20. The van der Waals surface area contributed by atoms with E-state index in [0.29, 0.717) is 6.04 Å². The predicted molar refractivity (Wildman–Crippen MR) is 78.8 cm³/mol. The van der Waals surface area contributed by atoms with E-state index in [0.717, 1.165) is 16.7 Å². The third-order valence-electron chi connectivity index (χ3n) is 3.19. The van der Waals surface area contributed by atoms with Crippen molar-refractivity contribution in [2.75, 3.05) is 19.5 Å². The van der Waals surface area contributed by atoms with Crippen LogP contribution in [-0.2, 0) is 9.47 Å². The molecule has 6 nitrogen and oxygen atoms in total. The quantitative estimate of drug-likeness (QED) is 0.822. The van der Waals surface area contributed by atoms with Crippen molar-refractivity contribution >= 4 is 16.7 Å². The molecule has 1 N–H and O–H groups in total. The number of anilines is 1. The molecule has 0 saturated heterocycles. The van der Waals surface area contributed by atoms with Crippen molar-refractivity contribution < 1.29 is 9.47 Å². The van der Waals surface area contributed by atoms with Gasteiger partial charge in [0.2, 0.25) is 0 Å². The van der Waals surface area contributed by atoms with Crippen LogP contribution >= 0.6 is 0 Å². The molecule has 0 amide bonds. The molecule has 2 heterocycles. The molecular weight excluding hydrogens is 256 g/mol. The van der Waals surface area contributed by atoms with E-state index in [9.17, 15) is 0 Å². The van der Waals surface area contributed by atoms with E-state index in [4.69, 9.17) is 9.47 Å². The zero-order chi connectivity index (χ0) is 14.7. The lowest BCUT2D eigenvalue weighted by Gasteiger charge is -2.22. The zero-order valence-electron chi connectivity index (χ0n) is 12.6. The number of rotatable bonds is 6. The Labute approximate surface area is 119 Å². The van der Waals surface area contributed by atoms with Crippen LogP contribution in [0.25, 0.3) is 11.0 Å². The van der Waals surface area contributed by atoms with Crippen LogP contribution in [0.1, 0.15) is 26.8 Å². The summed E-state index contributed by atoms with van der Waals surface area (Å²) in [4.78, 5) is 4.48.